The van der Waals surface area contributed by atoms with Gasteiger partial charge in [-0.05, 0) is 12.1 Å². The van der Waals surface area contributed by atoms with Gasteiger partial charge in [-0.25, -0.2) is 14.4 Å². The van der Waals surface area contributed by atoms with Crippen molar-refractivity contribution in [3.05, 3.63) is 47.7 Å². The highest BCUT2D eigenvalue weighted by Gasteiger charge is 2.20. The summed E-state index contributed by atoms with van der Waals surface area (Å²) in [4.78, 5) is 19.9. The van der Waals surface area contributed by atoms with E-state index in [2.05, 4.69) is 20.6 Å². The molecule has 1 amide bonds. The number of carbonyl (C=O) groups excluding carboxylic acids is 1. The Balaban J connectivity index is 0.00000225. The minimum atomic E-state index is -0.479. The second-order valence-corrected chi connectivity index (χ2v) is 5.20. The summed E-state index contributed by atoms with van der Waals surface area (Å²) in [7, 11) is 1.46. The first kappa shape index (κ1) is 19.0. The van der Waals surface area contributed by atoms with Gasteiger partial charge in [-0.3, -0.25) is 4.79 Å². The maximum absolute atomic E-state index is 14.3. The third kappa shape index (κ3) is 4.62. The average Bonchev–Trinajstić information content (AvgIpc) is 2.62. The summed E-state index contributed by atoms with van der Waals surface area (Å²) in [6, 6.07) is 4.51. The molecule has 0 radical (unpaired) electrons. The van der Waals surface area contributed by atoms with Gasteiger partial charge in [0.15, 0.2) is 0 Å². The van der Waals surface area contributed by atoms with E-state index in [0.29, 0.717) is 30.3 Å². The number of ether oxygens (including phenoxy) is 2. The van der Waals surface area contributed by atoms with Gasteiger partial charge in [-0.1, -0.05) is 6.07 Å². The molecule has 1 aliphatic heterocycles. The number of hydrogen-bond donors (Lipinski definition) is 2. The van der Waals surface area contributed by atoms with Crippen molar-refractivity contribution >= 4 is 24.0 Å². The number of nitrogens with one attached hydrogen (secondary N) is 2. The number of hydrogen-bond acceptors (Lipinski definition) is 6. The number of halogens is 2. The highest BCUT2D eigenvalue weighted by molar-refractivity contribution is 6.02. The smallest absolute Gasteiger partial charge is 0.275 e. The Morgan fingerprint density at radius 3 is 2.84 bits per heavy atom. The summed E-state index contributed by atoms with van der Waals surface area (Å²) in [5.74, 6) is -0.599. The molecule has 1 fully saturated rings. The van der Waals surface area contributed by atoms with Gasteiger partial charge in [0.2, 0.25) is 5.88 Å². The zero-order valence-corrected chi connectivity index (χ0v) is 14.3. The number of carbonyl (C=O) groups is 1. The second-order valence-electron chi connectivity index (χ2n) is 5.20. The van der Waals surface area contributed by atoms with Crippen LogP contribution in [0.3, 0.4) is 0 Å². The maximum atomic E-state index is 14.3. The minimum absolute atomic E-state index is 0. The Hall–Kier alpha value is -2.29. The molecular weight excluding hydrogens is 351 g/mol. The van der Waals surface area contributed by atoms with Crippen LogP contribution in [0.5, 0.6) is 5.88 Å². The van der Waals surface area contributed by atoms with Crippen molar-refractivity contribution in [1.29, 1.82) is 0 Å². The summed E-state index contributed by atoms with van der Waals surface area (Å²) in [5, 5.41) is 5.74. The van der Waals surface area contributed by atoms with Crippen molar-refractivity contribution in [1.82, 2.24) is 15.3 Å². The fraction of sp³-hybridized carbons (Fsp3) is 0.312. The van der Waals surface area contributed by atoms with E-state index >= 15 is 0 Å². The highest BCUT2D eigenvalue weighted by Crippen LogP contribution is 2.24. The van der Waals surface area contributed by atoms with Crippen LogP contribution >= 0.6 is 12.4 Å². The second kappa shape index (κ2) is 8.70. The fourth-order valence-corrected chi connectivity index (χ4v) is 2.37. The number of morpholine rings is 1. The lowest BCUT2D eigenvalue weighted by atomic mass is 10.1. The molecule has 1 atom stereocenters. The third-order valence-corrected chi connectivity index (χ3v) is 3.60. The number of amides is 1. The maximum Gasteiger partial charge on any atom is 0.275 e. The van der Waals surface area contributed by atoms with Gasteiger partial charge in [-0.15, -0.1) is 12.4 Å². The minimum Gasteiger partial charge on any atom is -0.480 e. The lowest BCUT2D eigenvalue weighted by Crippen LogP contribution is -2.33. The standard InChI is InChI=1S/C16H17FN4O3.ClH/c1-23-15-9-19-13(7-20-15)16(22)21-10-2-3-11(12(17)6-10)14-8-18-4-5-24-14;/h2-3,6-7,9,14,18H,4-5,8H2,1H3,(H,21,22);1H. The molecule has 3 rings (SSSR count). The van der Waals surface area contributed by atoms with Crippen LogP contribution in [-0.4, -0.2) is 42.7 Å². The first-order valence-electron chi connectivity index (χ1n) is 7.46. The molecule has 0 aliphatic carbocycles. The third-order valence-electron chi connectivity index (χ3n) is 3.60. The molecule has 1 aromatic heterocycles. The van der Waals surface area contributed by atoms with Crippen molar-refractivity contribution in [2.75, 3.05) is 32.1 Å². The monoisotopic (exact) mass is 368 g/mol. The lowest BCUT2D eigenvalue weighted by molar-refractivity contribution is 0.0255. The predicted molar refractivity (Wildman–Crippen MR) is 91.7 cm³/mol. The van der Waals surface area contributed by atoms with E-state index in [1.165, 1.54) is 25.6 Å². The van der Waals surface area contributed by atoms with Gasteiger partial charge in [-0.2, -0.15) is 0 Å². The summed E-state index contributed by atoms with van der Waals surface area (Å²) in [6.07, 6.45) is 2.31. The van der Waals surface area contributed by atoms with Crippen LogP contribution in [0.25, 0.3) is 0 Å². The van der Waals surface area contributed by atoms with E-state index in [9.17, 15) is 9.18 Å². The topological polar surface area (TPSA) is 85.4 Å². The van der Waals surface area contributed by atoms with Crippen molar-refractivity contribution in [2.45, 2.75) is 6.10 Å². The van der Waals surface area contributed by atoms with E-state index in [0.717, 1.165) is 6.54 Å². The Morgan fingerprint density at radius 2 is 2.24 bits per heavy atom. The summed E-state index contributed by atoms with van der Waals surface area (Å²) < 4.78 is 24.7. The number of benzene rings is 1. The molecule has 1 saturated heterocycles. The van der Waals surface area contributed by atoms with Crippen LogP contribution in [-0.2, 0) is 4.74 Å². The summed E-state index contributed by atoms with van der Waals surface area (Å²) in [5.41, 5.74) is 0.909. The van der Waals surface area contributed by atoms with Crippen LogP contribution in [0.4, 0.5) is 10.1 Å². The Morgan fingerprint density at radius 1 is 1.40 bits per heavy atom. The average molecular weight is 369 g/mol. The van der Waals surface area contributed by atoms with E-state index in [1.54, 1.807) is 12.1 Å². The molecule has 0 saturated carbocycles. The molecule has 1 aromatic carbocycles. The number of methoxy groups -OCH3 is 1. The van der Waals surface area contributed by atoms with E-state index in [-0.39, 0.29) is 24.2 Å². The van der Waals surface area contributed by atoms with Crippen molar-refractivity contribution < 1.29 is 18.7 Å². The van der Waals surface area contributed by atoms with Gasteiger partial charge >= 0.3 is 0 Å². The van der Waals surface area contributed by atoms with Crippen molar-refractivity contribution in [3.8, 4) is 5.88 Å². The van der Waals surface area contributed by atoms with E-state index < -0.39 is 11.7 Å². The van der Waals surface area contributed by atoms with Crippen LogP contribution in [0, 0.1) is 5.82 Å². The molecule has 1 unspecified atom stereocenters. The van der Waals surface area contributed by atoms with E-state index in [1.807, 2.05) is 0 Å². The SMILES string of the molecule is COc1cnc(C(=O)Nc2ccc(C3CNCCO3)c(F)c2)cn1.Cl. The Bertz CT molecular complexity index is 724. The molecule has 7 nitrogen and oxygen atoms in total. The van der Waals surface area contributed by atoms with Crippen molar-refractivity contribution in [2.24, 2.45) is 0 Å². The molecule has 2 aromatic rings. The summed E-state index contributed by atoms with van der Waals surface area (Å²) in [6.45, 7) is 1.86. The first-order valence-corrected chi connectivity index (χ1v) is 7.46. The number of anilines is 1. The van der Waals surface area contributed by atoms with Crippen molar-refractivity contribution in [3.63, 3.8) is 0 Å². The fourth-order valence-electron chi connectivity index (χ4n) is 2.37. The lowest BCUT2D eigenvalue weighted by Gasteiger charge is -2.24. The Labute approximate surface area is 150 Å². The van der Waals surface area contributed by atoms with Gasteiger partial charge in [0.1, 0.15) is 11.5 Å². The molecule has 25 heavy (non-hydrogen) atoms. The normalized spacial score (nSPS) is 16.6. The predicted octanol–water partition coefficient (Wildman–Crippen LogP) is 1.96. The van der Waals surface area contributed by atoms with E-state index in [4.69, 9.17) is 9.47 Å². The van der Waals surface area contributed by atoms with Gasteiger partial charge in [0.05, 0.1) is 32.2 Å². The van der Waals surface area contributed by atoms with Crippen LogP contribution in [0.15, 0.2) is 30.6 Å². The number of nitrogens with zero attached hydrogens (tertiary/aromatic N) is 2. The van der Waals surface area contributed by atoms with Gasteiger partial charge < -0.3 is 20.1 Å². The highest BCUT2D eigenvalue weighted by atomic mass is 35.5. The molecule has 2 N–H and O–H groups in total. The van der Waals surface area contributed by atoms with Crippen LogP contribution in [0.1, 0.15) is 22.2 Å². The van der Waals surface area contributed by atoms with Crippen LogP contribution < -0.4 is 15.4 Å². The molecule has 134 valence electrons. The molecular formula is C16H18ClFN4O3. The quantitative estimate of drug-likeness (QED) is 0.858. The van der Waals surface area contributed by atoms with Gasteiger partial charge in [0, 0.05) is 24.3 Å². The largest absolute Gasteiger partial charge is 0.480 e. The molecule has 0 bridgehead atoms. The molecule has 2 heterocycles. The number of aromatic nitrogens is 2. The molecule has 0 spiro atoms. The van der Waals surface area contributed by atoms with Crippen LogP contribution in [0.2, 0.25) is 0 Å². The zero-order chi connectivity index (χ0) is 16.9. The molecule has 1 aliphatic rings. The zero-order valence-electron chi connectivity index (χ0n) is 13.5. The first-order chi connectivity index (χ1) is 11.7. The number of rotatable bonds is 4. The van der Waals surface area contributed by atoms with Gasteiger partial charge in [0.25, 0.3) is 5.91 Å². The Kier molecular flexibility index (Phi) is 6.63. The molecule has 9 heteroatoms. The summed E-state index contributed by atoms with van der Waals surface area (Å²) >= 11 is 0.